The monoisotopic (exact) mass is 592 g/mol. The fourth-order valence-electron chi connectivity index (χ4n) is 5.56. The van der Waals surface area contributed by atoms with E-state index >= 15 is 0 Å². The first kappa shape index (κ1) is 30.5. The predicted molar refractivity (Wildman–Crippen MR) is 121 cm³/mol. The first-order chi connectivity index (χ1) is 18.6. The number of benzene rings is 1. The minimum absolute atomic E-state index is 0.107. The van der Waals surface area contributed by atoms with Crippen LogP contribution in [-0.4, -0.2) is 78.8 Å². The lowest BCUT2D eigenvalue weighted by Crippen LogP contribution is -2.54. The third-order valence-electron chi connectivity index (χ3n) is 7.72. The number of piperidine rings is 1. The molecule has 0 saturated carbocycles. The van der Waals surface area contributed by atoms with Gasteiger partial charge in [0.1, 0.15) is 11.9 Å². The van der Waals surface area contributed by atoms with Crippen molar-refractivity contribution in [2.75, 3.05) is 32.8 Å². The standard InChI is InChI=1S/C25H29F9N2O4/c26-23(27,28)17-3-2-16(19(14-17)39-18-4-12-38-13-5-18)15-36-9-1-6-22(36)7-10-35(11-8-22)21(37)40-20(24(29,30)31)25(32,33)34/h2-3,14,18,20H,1,4-13,15H2. The molecule has 3 heterocycles. The van der Waals surface area contributed by atoms with Crippen LogP contribution in [0.4, 0.5) is 44.3 Å². The van der Waals surface area contributed by atoms with Gasteiger partial charge in [-0.25, -0.2) is 4.79 Å². The van der Waals surface area contributed by atoms with Gasteiger partial charge < -0.3 is 19.1 Å². The number of halogens is 9. The van der Waals surface area contributed by atoms with Gasteiger partial charge in [-0.15, -0.1) is 0 Å². The second kappa shape index (κ2) is 11.5. The van der Waals surface area contributed by atoms with Crippen LogP contribution in [0.15, 0.2) is 18.2 Å². The molecule has 0 bridgehead atoms. The van der Waals surface area contributed by atoms with Gasteiger partial charge in [-0.3, -0.25) is 4.90 Å². The largest absolute Gasteiger partial charge is 0.490 e. The van der Waals surface area contributed by atoms with Crippen molar-refractivity contribution in [3.05, 3.63) is 29.3 Å². The maximum atomic E-state index is 13.4. The molecule has 0 aromatic heterocycles. The van der Waals surface area contributed by atoms with E-state index in [1.165, 1.54) is 6.07 Å². The molecule has 40 heavy (non-hydrogen) atoms. The molecule has 0 aliphatic carbocycles. The Bertz CT molecular complexity index is 1020. The minimum atomic E-state index is -5.81. The van der Waals surface area contributed by atoms with Crippen LogP contribution >= 0.6 is 0 Å². The van der Waals surface area contributed by atoms with E-state index in [0.29, 0.717) is 44.6 Å². The zero-order valence-corrected chi connectivity index (χ0v) is 21.3. The van der Waals surface area contributed by atoms with E-state index in [4.69, 9.17) is 9.47 Å². The van der Waals surface area contributed by atoms with Crippen LogP contribution in [0.25, 0.3) is 0 Å². The summed E-state index contributed by atoms with van der Waals surface area (Å²) >= 11 is 0. The van der Waals surface area contributed by atoms with E-state index in [1.807, 2.05) is 4.90 Å². The zero-order valence-electron chi connectivity index (χ0n) is 21.3. The molecule has 0 unspecified atom stereocenters. The van der Waals surface area contributed by atoms with Gasteiger partial charge in [0.25, 0.3) is 6.10 Å². The molecule has 6 nitrogen and oxygen atoms in total. The number of rotatable bonds is 5. The van der Waals surface area contributed by atoms with E-state index in [-0.39, 0.29) is 44.3 Å². The summed E-state index contributed by atoms with van der Waals surface area (Å²) in [6, 6.07) is 3.32. The molecule has 3 saturated heterocycles. The Hall–Kier alpha value is -2.42. The number of hydrogen-bond donors (Lipinski definition) is 0. The molecule has 1 aromatic rings. The van der Waals surface area contributed by atoms with Crippen LogP contribution in [0, 0.1) is 0 Å². The summed E-state index contributed by atoms with van der Waals surface area (Å²) in [6.45, 7) is 1.41. The number of carbonyl (C=O) groups excluding carboxylic acids is 1. The Balaban J connectivity index is 1.45. The van der Waals surface area contributed by atoms with E-state index in [9.17, 15) is 44.3 Å². The van der Waals surface area contributed by atoms with Gasteiger partial charge in [0.15, 0.2) is 0 Å². The molecular weight excluding hydrogens is 563 g/mol. The average molecular weight is 592 g/mol. The number of nitrogens with zero attached hydrogens (tertiary/aromatic N) is 2. The summed E-state index contributed by atoms with van der Waals surface area (Å²) in [5.41, 5.74) is -0.846. The van der Waals surface area contributed by atoms with E-state index in [2.05, 4.69) is 4.74 Å². The molecular formula is C25H29F9N2O4. The van der Waals surface area contributed by atoms with E-state index < -0.39 is 41.8 Å². The maximum Gasteiger partial charge on any atom is 0.434 e. The zero-order chi connectivity index (χ0) is 29.3. The maximum absolute atomic E-state index is 13.4. The molecule has 3 fully saturated rings. The molecule has 0 N–H and O–H groups in total. The molecule has 0 radical (unpaired) electrons. The summed E-state index contributed by atoms with van der Waals surface area (Å²) in [5, 5.41) is 0. The van der Waals surface area contributed by atoms with Crippen LogP contribution in [0.5, 0.6) is 5.75 Å². The molecule has 0 atom stereocenters. The van der Waals surface area contributed by atoms with Crippen molar-refractivity contribution in [2.24, 2.45) is 0 Å². The highest BCUT2D eigenvalue weighted by Gasteiger charge is 2.60. The summed E-state index contributed by atoms with van der Waals surface area (Å²) in [5.74, 6) is 0.107. The number of alkyl halides is 9. The number of carbonyl (C=O) groups is 1. The summed E-state index contributed by atoms with van der Waals surface area (Å²) in [4.78, 5) is 15.1. The smallest absolute Gasteiger partial charge is 0.434 e. The molecule has 15 heteroatoms. The van der Waals surface area contributed by atoms with Crippen molar-refractivity contribution in [3.63, 3.8) is 0 Å². The highest BCUT2D eigenvalue weighted by atomic mass is 19.4. The second-order valence-electron chi connectivity index (χ2n) is 10.3. The normalized spacial score (nSPS) is 21.3. The average Bonchev–Trinajstić information content (AvgIpc) is 3.23. The van der Waals surface area contributed by atoms with Crippen molar-refractivity contribution in [3.8, 4) is 5.75 Å². The summed E-state index contributed by atoms with van der Waals surface area (Å²) < 4.78 is 132. The van der Waals surface area contributed by atoms with E-state index in [1.54, 1.807) is 0 Å². The lowest BCUT2D eigenvalue weighted by atomic mass is 9.84. The first-order valence-electron chi connectivity index (χ1n) is 12.9. The van der Waals surface area contributed by atoms with Crippen LogP contribution in [0.2, 0.25) is 0 Å². The first-order valence-corrected chi connectivity index (χ1v) is 12.9. The Morgan fingerprint density at radius 2 is 1.57 bits per heavy atom. The molecule has 3 aliphatic heterocycles. The molecule has 3 aliphatic rings. The summed E-state index contributed by atoms with van der Waals surface area (Å²) in [6.07, 6.45) is -19.5. The Morgan fingerprint density at radius 1 is 0.950 bits per heavy atom. The van der Waals surface area contributed by atoms with Gasteiger partial charge in [0.05, 0.1) is 18.8 Å². The second-order valence-corrected chi connectivity index (χ2v) is 10.3. The third-order valence-corrected chi connectivity index (χ3v) is 7.72. The number of hydrogen-bond acceptors (Lipinski definition) is 5. The highest BCUT2D eigenvalue weighted by Crippen LogP contribution is 2.42. The molecule has 1 amide bonds. The third kappa shape index (κ3) is 7.07. The van der Waals surface area contributed by atoms with Gasteiger partial charge in [-0.1, -0.05) is 6.07 Å². The Labute approximate surface area is 224 Å². The predicted octanol–water partition coefficient (Wildman–Crippen LogP) is 6.32. The highest BCUT2D eigenvalue weighted by molar-refractivity contribution is 5.68. The van der Waals surface area contributed by atoms with Gasteiger partial charge in [0.2, 0.25) is 0 Å². The fourth-order valence-corrected chi connectivity index (χ4v) is 5.56. The molecule has 1 aromatic carbocycles. The Kier molecular flexibility index (Phi) is 8.75. The number of likely N-dealkylation sites (tertiary alicyclic amines) is 2. The topological polar surface area (TPSA) is 51.2 Å². The van der Waals surface area contributed by atoms with Crippen LogP contribution in [0.1, 0.15) is 49.7 Å². The molecule has 4 rings (SSSR count). The van der Waals surface area contributed by atoms with Crippen molar-refractivity contribution < 1.29 is 58.5 Å². The lowest BCUT2D eigenvalue weighted by Gasteiger charge is -2.45. The molecule has 1 spiro atoms. The van der Waals surface area contributed by atoms with E-state index in [0.717, 1.165) is 23.5 Å². The molecule has 226 valence electrons. The minimum Gasteiger partial charge on any atom is -0.490 e. The summed E-state index contributed by atoms with van der Waals surface area (Å²) in [7, 11) is 0. The Morgan fingerprint density at radius 3 is 2.15 bits per heavy atom. The van der Waals surface area contributed by atoms with Crippen molar-refractivity contribution in [2.45, 2.75) is 81.3 Å². The van der Waals surface area contributed by atoms with Crippen LogP contribution in [-0.2, 0) is 22.2 Å². The van der Waals surface area contributed by atoms with Crippen molar-refractivity contribution >= 4 is 6.09 Å². The van der Waals surface area contributed by atoms with Gasteiger partial charge in [-0.05, 0) is 44.4 Å². The van der Waals surface area contributed by atoms with Crippen molar-refractivity contribution in [1.29, 1.82) is 0 Å². The number of ether oxygens (including phenoxy) is 3. The van der Waals surface area contributed by atoms with Gasteiger partial charge in [0, 0.05) is 43.6 Å². The fraction of sp³-hybridized carbons (Fsp3) is 0.720. The van der Waals surface area contributed by atoms with Crippen molar-refractivity contribution in [1.82, 2.24) is 9.80 Å². The van der Waals surface area contributed by atoms with Gasteiger partial charge in [-0.2, -0.15) is 39.5 Å². The van der Waals surface area contributed by atoms with Crippen LogP contribution in [0.3, 0.4) is 0 Å². The van der Waals surface area contributed by atoms with Crippen LogP contribution < -0.4 is 4.74 Å². The lowest BCUT2D eigenvalue weighted by molar-refractivity contribution is -0.308. The number of amides is 1. The van der Waals surface area contributed by atoms with Gasteiger partial charge >= 0.3 is 24.6 Å². The quantitative estimate of drug-likeness (QED) is 0.375. The SMILES string of the molecule is O=C(OC(C(F)(F)F)C(F)(F)F)N1CCC2(CCCN2Cc2ccc(C(F)(F)F)cc2OC2CCOCC2)CC1.